The Hall–Kier alpha value is -1.41. The normalized spacial score (nSPS) is 13.1. The van der Waals surface area contributed by atoms with Crippen molar-refractivity contribution in [2.75, 3.05) is 13.1 Å². The number of benzene rings is 1. The third kappa shape index (κ3) is 4.96. The third-order valence-electron chi connectivity index (χ3n) is 2.32. The monoisotopic (exact) mass is 234 g/mol. The van der Waals surface area contributed by atoms with Crippen molar-refractivity contribution in [2.24, 2.45) is 0 Å². The molecule has 1 unspecified atom stereocenters. The summed E-state index contributed by atoms with van der Waals surface area (Å²) in [6.07, 6.45) is -0.634. The molecular weight excluding hydrogens is 216 g/mol. The molecule has 0 aromatic heterocycles. The van der Waals surface area contributed by atoms with E-state index in [0.717, 1.165) is 5.56 Å². The molecular formula is C13H18N2O2. The van der Waals surface area contributed by atoms with Crippen LogP contribution in [0.3, 0.4) is 0 Å². The molecule has 0 saturated carbocycles. The maximum absolute atomic E-state index is 9.85. The van der Waals surface area contributed by atoms with Gasteiger partial charge in [-0.2, -0.15) is 5.26 Å². The Kier molecular flexibility index (Phi) is 4.64. The smallest absolute Gasteiger partial charge is 0.0991 e. The van der Waals surface area contributed by atoms with Gasteiger partial charge in [-0.3, -0.25) is 0 Å². The van der Waals surface area contributed by atoms with Crippen molar-refractivity contribution in [1.82, 2.24) is 5.32 Å². The van der Waals surface area contributed by atoms with Gasteiger partial charge in [0.1, 0.15) is 0 Å². The summed E-state index contributed by atoms with van der Waals surface area (Å²) in [5, 5.41) is 31.0. The molecule has 0 amide bonds. The minimum absolute atomic E-state index is 0.371. The summed E-state index contributed by atoms with van der Waals surface area (Å²) >= 11 is 0. The maximum Gasteiger partial charge on any atom is 0.0991 e. The van der Waals surface area contributed by atoms with Crippen LogP contribution in [0.1, 0.15) is 31.1 Å². The van der Waals surface area contributed by atoms with Gasteiger partial charge in [-0.1, -0.05) is 12.1 Å². The number of rotatable bonds is 5. The maximum atomic E-state index is 9.85. The SMILES string of the molecule is CC(C)(O)CNCC(O)c1ccc(C#N)cc1. The summed E-state index contributed by atoms with van der Waals surface area (Å²) in [7, 11) is 0. The van der Waals surface area contributed by atoms with Gasteiger partial charge in [-0.25, -0.2) is 0 Å². The zero-order chi connectivity index (χ0) is 12.9. The summed E-state index contributed by atoms with van der Waals surface area (Å²) in [5.74, 6) is 0. The number of hydrogen-bond acceptors (Lipinski definition) is 4. The van der Waals surface area contributed by atoms with Gasteiger partial charge in [0.15, 0.2) is 0 Å². The number of nitrogens with zero attached hydrogens (tertiary/aromatic N) is 1. The first-order valence-corrected chi connectivity index (χ1v) is 5.53. The standard InChI is InChI=1S/C13H18N2O2/c1-13(2,17)9-15-8-12(16)11-5-3-10(7-14)4-6-11/h3-6,12,15-17H,8-9H2,1-2H3. The first kappa shape index (κ1) is 13.7. The van der Waals surface area contributed by atoms with Gasteiger partial charge in [-0.05, 0) is 31.5 Å². The third-order valence-corrected chi connectivity index (χ3v) is 2.32. The number of hydrogen-bond donors (Lipinski definition) is 3. The van der Waals surface area contributed by atoms with Crippen LogP contribution >= 0.6 is 0 Å². The van der Waals surface area contributed by atoms with Crippen LogP contribution < -0.4 is 5.32 Å². The van der Waals surface area contributed by atoms with E-state index >= 15 is 0 Å². The van der Waals surface area contributed by atoms with Crippen LogP contribution in [-0.4, -0.2) is 28.9 Å². The molecule has 0 saturated heterocycles. The number of aliphatic hydroxyl groups excluding tert-OH is 1. The van der Waals surface area contributed by atoms with Crippen LogP contribution in [0.15, 0.2) is 24.3 Å². The summed E-state index contributed by atoms with van der Waals surface area (Å²) < 4.78 is 0. The minimum atomic E-state index is -0.787. The molecule has 4 heteroatoms. The molecule has 0 aliphatic carbocycles. The molecule has 0 heterocycles. The van der Waals surface area contributed by atoms with Gasteiger partial charge in [0, 0.05) is 13.1 Å². The van der Waals surface area contributed by atoms with Crippen molar-refractivity contribution >= 4 is 0 Å². The largest absolute Gasteiger partial charge is 0.389 e. The zero-order valence-corrected chi connectivity index (χ0v) is 10.1. The van der Waals surface area contributed by atoms with E-state index in [1.165, 1.54) is 0 Å². The van der Waals surface area contributed by atoms with Crippen LogP contribution in [0.5, 0.6) is 0 Å². The molecule has 1 aromatic carbocycles. The van der Waals surface area contributed by atoms with E-state index in [1.807, 2.05) is 6.07 Å². The fraction of sp³-hybridized carbons (Fsp3) is 0.462. The first-order valence-electron chi connectivity index (χ1n) is 5.53. The Bertz CT molecular complexity index is 387. The van der Waals surface area contributed by atoms with Crippen molar-refractivity contribution in [1.29, 1.82) is 5.26 Å². The second-order valence-corrected chi connectivity index (χ2v) is 4.69. The Balaban J connectivity index is 2.47. The Morgan fingerprint density at radius 3 is 2.41 bits per heavy atom. The van der Waals surface area contributed by atoms with Crippen LogP contribution in [-0.2, 0) is 0 Å². The second kappa shape index (κ2) is 5.78. The predicted molar refractivity (Wildman–Crippen MR) is 65.3 cm³/mol. The van der Waals surface area contributed by atoms with Crippen LogP contribution in [0.2, 0.25) is 0 Å². The van der Waals surface area contributed by atoms with E-state index in [2.05, 4.69) is 5.32 Å². The fourth-order valence-corrected chi connectivity index (χ4v) is 1.41. The van der Waals surface area contributed by atoms with Crippen LogP contribution in [0, 0.1) is 11.3 Å². The quantitative estimate of drug-likeness (QED) is 0.709. The van der Waals surface area contributed by atoms with Gasteiger partial charge in [0.2, 0.25) is 0 Å². The summed E-state index contributed by atoms with van der Waals surface area (Å²) in [5.41, 5.74) is 0.544. The first-order chi connectivity index (χ1) is 7.92. The molecule has 4 nitrogen and oxygen atoms in total. The van der Waals surface area contributed by atoms with Crippen LogP contribution in [0.4, 0.5) is 0 Å². The van der Waals surface area contributed by atoms with Gasteiger partial charge in [0.05, 0.1) is 23.3 Å². The fourth-order valence-electron chi connectivity index (χ4n) is 1.41. The molecule has 0 fully saturated rings. The highest BCUT2D eigenvalue weighted by atomic mass is 16.3. The lowest BCUT2D eigenvalue weighted by Crippen LogP contribution is -2.36. The Morgan fingerprint density at radius 2 is 1.94 bits per heavy atom. The van der Waals surface area contributed by atoms with Crippen molar-refractivity contribution in [3.63, 3.8) is 0 Å². The number of aliphatic hydroxyl groups is 2. The summed E-state index contributed by atoms with van der Waals surface area (Å²) in [6, 6.07) is 8.84. The molecule has 1 atom stereocenters. The van der Waals surface area contributed by atoms with E-state index in [4.69, 9.17) is 5.26 Å². The Morgan fingerprint density at radius 1 is 1.35 bits per heavy atom. The van der Waals surface area contributed by atoms with Gasteiger partial charge in [0.25, 0.3) is 0 Å². The number of nitrogens with one attached hydrogen (secondary N) is 1. The average Bonchev–Trinajstić information content (AvgIpc) is 2.27. The Labute approximate surface area is 102 Å². The number of nitriles is 1. The van der Waals surface area contributed by atoms with Crippen molar-refractivity contribution in [3.8, 4) is 6.07 Å². The second-order valence-electron chi connectivity index (χ2n) is 4.69. The summed E-state index contributed by atoms with van der Waals surface area (Å²) in [6.45, 7) is 4.19. The molecule has 17 heavy (non-hydrogen) atoms. The highest BCUT2D eigenvalue weighted by Crippen LogP contribution is 2.12. The predicted octanol–water partition coefficient (Wildman–Crippen LogP) is 0.952. The topological polar surface area (TPSA) is 76.3 Å². The highest BCUT2D eigenvalue weighted by molar-refractivity contribution is 5.32. The molecule has 1 rings (SSSR count). The average molecular weight is 234 g/mol. The molecule has 0 spiro atoms. The van der Waals surface area contributed by atoms with E-state index in [1.54, 1.807) is 38.1 Å². The lowest BCUT2D eigenvalue weighted by molar-refractivity contribution is 0.0740. The van der Waals surface area contributed by atoms with Crippen molar-refractivity contribution < 1.29 is 10.2 Å². The molecule has 0 bridgehead atoms. The molecule has 3 N–H and O–H groups in total. The van der Waals surface area contributed by atoms with Crippen LogP contribution in [0.25, 0.3) is 0 Å². The zero-order valence-electron chi connectivity index (χ0n) is 10.1. The highest BCUT2D eigenvalue weighted by Gasteiger charge is 2.13. The lowest BCUT2D eigenvalue weighted by atomic mass is 10.1. The van der Waals surface area contributed by atoms with Gasteiger partial charge >= 0.3 is 0 Å². The lowest BCUT2D eigenvalue weighted by Gasteiger charge is -2.19. The van der Waals surface area contributed by atoms with Gasteiger partial charge in [-0.15, -0.1) is 0 Å². The van der Waals surface area contributed by atoms with E-state index < -0.39 is 11.7 Å². The van der Waals surface area contributed by atoms with E-state index in [9.17, 15) is 10.2 Å². The van der Waals surface area contributed by atoms with E-state index in [-0.39, 0.29) is 0 Å². The van der Waals surface area contributed by atoms with Crippen molar-refractivity contribution in [3.05, 3.63) is 35.4 Å². The minimum Gasteiger partial charge on any atom is -0.389 e. The van der Waals surface area contributed by atoms with Gasteiger partial charge < -0.3 is 15.5 Å². The molecule has 0 radical (unpaired) electrons. The molecule has 0 aliphatic heterocycles. The molecule has 92 valence electrons. The molecule has 0 aliphatic rings. The summed E-state index contributed by atoms with van der Waals surface area (Å²) in [4.78, 5) is 0. The van der Waals surface area contributed by atoms with E-state index in [0.29, 0.717) is 18.7 Å². The molecule has 1 aromatic rings. The van der Waals surface area contributed by atoms with Crippen molar-refractivity contribution in [2.45, 2.75) is 25.6 Å².